The molecule has 3 aromatic heterocycles. The van der Waals surface area contributed by atoms with Gasteiger partial charge in [-0.15, -0.1) is 0 Å². The highest BCUT2D eigenvalue weighted by atomic mass is 16.5. The summed E-state index contributed by atoms with van der Waals surface area (Å²) in [5, 5.41) is 7.16. The molecule has 9 heteroatoms. The SMILES string of the molecule is Cc1ccc(-c2cn(CC3CCOCC3)cc(C(=O)Nc3ccc(-c4cc(-c5cnn(C)c5)cnc4N)cc3)c2=O)cc1. The van der Waals surface area contributed by atoms with Gasteiger partial charge in [-0.05, 0) is 55.0 Å². The summed E-state index contributed by atoms with van der Waals surface area (Å²) in [6.07, 6.45) is 10.9. The van der Waals surface area contributed by atoms with Crippen LogP contribution < -0.4 is 16.5 Å². The molecule has 0 bridgehead atoms. The smallest absolute Gasteiger partial charge is 0.261 e. The van der Waals surface area contributed by atoms with Crippen molar-refractivity contribution >= 4 is 17.4 Å². The van der Waals surface area contributed by atoms with Crippen LogP contribution in [-0.2, 0) is 18.3 Å². The van der Waals surface area contributed by atoms with Gasteiger partial charge < -0.3 is 20.4 Å². The Balaban J connectivity index is 1.27. The molecule has 43 heavy (non-hydrogen) atoms. The van der Waals surface area contributed by atoms with Crippen molar-refractivity contribution in [2.24, 2.45) is 13.0 Å². The second-order valence-electron chi connectivity index (χ2n) is 11.1. The molecule has 9 nitrogen and oxygen atoms in total. The molecule has 1 fully saturated rings. The summed E-state index contributed by atoms with van der Waals surface area (Å²) in [6.45, 7) is 4.18. The van der Waals surface area contributed by atoms with Crippen LogP contribution in [-0.4, -0.2) is 38.5 Å². The molecule has 3 N–H and O–H groups in total. The molecule has 2 aromatic carbocycles. The van der Waals surface area contributed by atoms with Gasteiger partial charge in [-0.3, -0.25) is 14.3 Å². The number of aryl methyl sites for hydroxylation is 2. The first-order valence-electron chi connectivity index (χ1n) is 14.4. The Bertz CT molecular complexity index is 1820. The second-order valence-corrected chi connectivity index (χ2v) is 11.1. The van der Waals surface area contributed by atoms with Gasteiger partial charge >= 0.3 is 0 Å². The fourth-order valence-corrected chi connectivity index (χ4v) is 5.43. The molecule has 4 heterocycles. The molecule has 1 aliphatic rings. The van der Waals surface area contributed by atoms with Crippen LogP contribution in [0.1, 0.15) is 28.8 Å². The van der Waals surface area contributed by atoms with Crippen molar-refractivity contribution in [2.45, 2.75) is 26.3 Å². The lowest BCUT2D eigenvalue weighted by atomic mass is 9.99. The standard InChI is InChI=1S/C34H34N6O3/c1-22-3-5-25(6-4-22)30-20-40(18-23-11-13-43-14-12-23)21-31(32(30)41)34(42)38-28-9-7-24(8-10-28)29-15-26(16-36-33(29)35)27-17-37-39(2)19-27/h3-10,15-17,19-21,23H,11-14,18H2,1-2H3,(H2,35,36)(H,38,42). The van der Waals surface area contributed by atoms with Gasteiger partial charge in [0.2, 0.25) is 5.43 Å². The first kappa shape index (κ1) is 28.1. The van der Waals surface area contributed by atoms with E-state index in [1.54, 1.807) is 35.4 Å². The van der Waals surface area contributed by atoms with Crippen LogP contribution in [0.5, 0.6) is 0 Å². The number of hydrogen-bond acceptors (Lipinski definition) is 6. The highest BCUT2D eigenvalue weighted by Gasteiger charge is 2.20. The molecule has 1 amide bonds. The zero-order chi connectivity index (χ0) is 29.9. The number of nitrogens with zero attached hydrogens (tertiary/aromatic N) is 4. The number of nitrogen functional groups attached to an aromatic ring is 1. The van der Waals surface area contributed by atoms with Gasteiger partial charge in [0.15, 0.2) is 0 Å². The number of carbonyl (C=O) groups excluding carboxylic acids is 1. The summed E-state index contributed by atoms with van der Waals surface area (Å²) in [5.74, 6) is 0.374. The van der Waals surface area contributed by atoms with Crippen molar-refractivity contribution in [3.8, 4) is 33.4 Å². The molecule has 0 spiro atoms. The molecule has 0 radical (unpaired) electrons. The fourth-order valence-electron chi connectivity index (χ4n) is 5.43. The average molecular weight is 575 g/mol. The van der Waals surface area contributed by atoms with E-state index in [0.717, 1.165) is 59.4 Å². The van der Waals surface area contributed by atoms with Gasteiger partial charge in [0, 0.05) is 79.5 Å². The van der Waals surface area contributed by atoms with E-state index in [0.29, 0.717) is 29.5 Å². The third-order valence-corrected chi connectivity index (χ3v) is 7.91. The number of carbonyl (C=O) groups is 1. The van der Waals surface area contributed by atoms with Gasteiger partial charge in [-0.25, -0.2) is 4.98 Å². The van der Waals surface area contributed by atoms with Crippen LogP contribution in [0.25, 0.3) is 33.4 Å². The highest BCUT2D eigenvalue weighted by Crippen LogP contribution is 2.30. The summed E-state index contributed by atoms with van der Waals surface area (Å²) < 4.78 is 9.24. The Morgan fingerprint density at radius 1 is 0.930 bits per heavy atom. The highest BCUT2D eigenvalue weighted by molar-refractivity contribution is 6.04. The molecular weight excluding hydrogens is 540 g/mol. The average Bonchev–Trinajstić information content (AvgIpc) is 3.46. The van der Waals surface area contributed by atoms with Gasteiger partial charge in [-0.2, -0.15) is 5.10 Å². The number of aromatic nitrogens is 4. The Morgan fingerprint density at radius 3 is 2.33 bits per heavy atom. The molecule has 0 unspecified atom stereocenters. The van der Waals surface area contributed by atoms with E-state index in [4.69, 9.17) is 10.5 Å². The number of nitrogens with two attached hydrogens (primary N) is 1. The number of amides is 1. The minimum Gasteiger partial charge on any atom is -0.383 e. The summed E-state index contributed by atoms with van der Waals surface area (Å²) in [4.78, 5) is 31.6. The first-order chi connectivity index (χ1) is 20.8. The topological polar surface area (TPSA) is 117 Å². The van der Waals surface area contributed by atoms with E-state index in [-0.39, 0.29) is 11.0 Å². The number of nitrogens with one attached hydrogen (secondary N) is 1. The normalized spacial score (nSPS) is 13.6. The molecule has 0 atom stereocenters. The zero-order valence-electron chi connectivity index (χ0n) is 24.3. The summed E-state index contributed by atoms with van der Waals surface area (Å²) >= 11 is 0. The maximum Gasteiger partial charge on any atom is 0.261 e. The van der Waals surface area contributed by atoms with E-state index in [1.807, 2.05) is 73.4 Å². The second kappa shape index (κ2) is 12.1. The lowest BCUT2D eigenvalue weighted by Crippen LogP contribution is -2.26. The molecular formula is C34H34N6O3. The van der Waals surface area contributed by atoms with E-state index in [1.165, 1.54) is 0 Å². The van der Waals surface area contributed by atoms with E-state index < -0.39 is 5.91 Å². The van der Waals surface area contributed by atoms with Gasteiger partial charge in [-0.1, -0.05) is 42.0 Å². The van der Waals surface area contributed by atoms with Crippen LogP contribution in [0.3, 0.4) is 0 Å². The number of anilines is 2. The Kier molecular flexibility index (Phi) is 7.89. The first-order valence-corrected chi connectivity index (χ1v) is 14.4. The molecule has 218 valence electrons. The van der Waals surface area contributed by atoms with Crippen molar-refractivity contribution in [2.75, 3.05) is 24.3 Å². The van der Waals surface area contributed by atoms with Gasteiger partial charge in [0.1, 0.15) is 11.4 Å². The fraction of sp³-hybridized carbons (Fsp3) is 0.235. The third kappa shape index (κ3) is 6.27. The number of benzene rings is 2. The third-order valence-electron chi connectivity index (χ3n) is 7.91. The van der Waals surface area contributed by atoms with Crippen LogP contribution in [0, 0.1) is 12.8 Å². The summed E-state index contributed by atoms with van der Waals surface area (Å²) in [5.41, 5.74) is 12.5. The van der Waals surface area contributed by atoms with Crippen LogP contribution in [0.2, 0.25) is 0 Å². The Morgan fingerprint density at radius 2 is 1.63 bits per heavy atom. The van der Waals surface area contributed by atoms with Gasteiger partial charge in [0.05, 0.1) is 6.20 Å². The number of rotatable bonds is 7. The van der Waals surface area contributed by atoms with E-state index in [2.05, 4.69) is 15.4 Å². The Labute approximate surface area is 250 Å². The molecule has 1 saturated heterocycles. The predicted octanol–water partition coefficient (Wildman–Crippen LogP) is 5.55. The van der Waals surface area contributed by atoms with E-state index >= 15 is 0 Å². The quantitative estimate of drug-likeness (QED) is 0.263. The monoisotopic (exact) mass is 574 g/mol. The molecule has 0 saturated carbocycles. The summed E-state index contributed by atoms with van der Waals surface area (Å²) in [6, 6.07) is 17.1. The molecule has 1 aliphatic heterocycles. The number of pyridine rings is 2. The van der Waals surface area contributed by atoms with E-state index in [9.17, 15) is 9.59 Å². The minimum atomic E-state index is -0.452. The lowest BCUT2D eigenvalue weighted by Gasteiger charge is -2.23. The van der Waals surface area contributed by atoms with Crippen LogP contribution >= 0.6 is 0 Å². The minimum absolute atomic E-state index is 0.104. The van der Waals surface area contributed by atoms with Crippen molar-refractivity contribution in [3.63, 3.8) is 0 Å². The van der Waals surface area contributed by atoms with Crippen molar-refractivity contribution in [1.82, 2.24) is 19.3 Å². The largest absolute Gasteiger partial charge is 0.383 e. The number of hydrogen-bond donors (Lipinski definition) is 2. The van der Waals surface area contributed by atoms with Crippen LogP contribution in [0.4, 0.5) is 11.5 Å². The lowest BCUT2D eigenvalue weighted by molar-refractivity contribution is 0.0612. The van der Waals surface area contributed by atoms with Gasteiger partial charge in [0.25, 0.3) is 5.91 Å². The number of ether oxygens (including phenoxy) is 1. The maximum atomic E-state index is 13.6. The van der Waals surface area contributed by atoms with Crippen molar-refractivity contribution in [1.29, 1.82) is 0 Å². The van der Waals surface area contributed by atoms with Crippen molar-refractivity contribution < 1.29 is 9.53 Å². The van der Waals surface area contributed by atoms with Crippen LogP contribution in [0.15, 0.2) is 90.4 Å². The summed E-state index contributed by atoms with van der Waals surface area (Å²) in [7, 11) is 1.86. The Hall–Kier alpha value is -5.02. The predicted molar refractivity (Wildman–Crippen MR) is 169 cm³/mol. The molecule has 0 aliphatic carbocycles. The molecule has 5 aromatic rings. The maximum absolute atomic E-state index is 13.6. The molecule has 6 rings (SSSR count). The van der Waals surface area contributed by atoms with Crippen molar-refractivity contribution in [3.05, 3.63) is 107 Å². The zero-order valence-corrected chi connectivity index (χ0v) is 24.3.